The number of methoxy groups -OCH3 is 1. The molecule has 24 heavy (non-hydrogen) atoms. The topological polar surface area (TPSA) is 73.2 Å². The van der Waals surface area contributed by atoms with Crippen LogP contribution in [0.15, 0.2) is 40.8 Å². The Kier molecular flexibility index (Phi) is 4.82. The van der Waals surface area contributed by atoms with E-state index in [1.54, 1.807) is 24.3 Å². The minimum atomic E-state index is -0.242. The fraction of sp³-hybridized carbons (Fsp3) is 0.188. The van der Waals surface area contributed by atoms with Crippen LogP contribution in [0.3, 0.4) is 0 Å². The molecule has 0 saturated carbocycles. The van der Waals surface area contributed by atoms with E-state index in [2.05, 4.69) is 10.3 Å². The number of aryl methyl sites for hydroxylation is 1. The summed E-state index contributed by atoms with van der Waals surface area (Å²) < 4.78 is 7.22. The molecular formula is C16H14ClN3O3S. The van der Waals surface area contributed by atoms with Crippen LogP contribution >= 0.6 is 22.9 Å². The number of amides is 1. The van der Waals surface area contributed by atoms with E-state index in [1.165, 1.54) is 29.3 Å². The number of carbonyl (C=O) groups excluding carboxylic acids is 1. The molecule has 0 bridgehead atoms. The average Bonchev–Trinajstić information content (AvgIpc) is 3.04. The van der Waals surface area contributed by atoms with Gasteiger partial charge in [0.05, 0.1) is 24.6 Å². The van der Waals surface area contributed by atoms with Crippen molar-refractivity contribution in [1.82, 2.24) is 9.55 Å². The second-order valence-electron chi connectivity index (χ2n) is 5.02. The average molecular weight is 364 g/mol. The number of fused-ring (bicyclic) bond motifs is 1. The van der Waals surface area contributed by atoms with E-state index in [1.807, 2.05) is 5.38 Å². The predicted molar refractivity (Wildman–Crippen MR) is 95.1 cm³/mol. The van der Waals surface area contributed by atoms with Crippen molar-refractivity contribution in [3.63, 3.8) is 0 Å². The Hall–Kier alpha value is -2.38. The van der Waals surface area contributed by atoms with Crippen LogP contribution in [0.25, 0.3) is 10.2 Å². The van der Waals surface area contributed by atoms with Gasteiger partial charge in [0, 0.05) is 18.0 Å². The second-order valence-corrected chi connectivity index (χ2v) is 6.37. The van der Waals surface area contributed by atoms with Gasteiger partial charge in [0.1, 0.15) is 10.4 Å². The molecule has 0 spiro atoms. The number of hydrogen-bond donors (Lipinski definition) is 1. The van der Waals surface area contributed by atoms with Crippen molar-refractivity contribution in [2.45, 2.75) is 13.0 Å². The fourth-order valence-electron chi connectivity index (χ4n) is 2.25. The second kappa shape index (κ2) is 7.02. The first-order chi connectivity index (χ1) is 11.6. The standard InChI is InChI=1S/C16H14ClN3O3S/c1-23-13-3-2-10(17)8-12(13)19-14(21)4-6-20-9-18-11-5-7-24-15(11)16(20)22/h2-3,5,7-9H,4,6H2,1H3,(H,19,21). The summed E-state index contributed by atoms with van der Waals surface area (Å²) in [5.41, 5.74) is 1.03. The minimum Gasteiger partial charge on any atom is -0.495 e. The number of carbonyl (C=O) groups is 1. The highest BCUT2D eigenvalue weighted by Crippen LogP contribution is 2.27. The van der Waals surface area contributed by atoms with Gasteiger partial charge in [-0.25, -0.2) is 4.98 Å². The van der Waals surface area contributed by atoms with E-state index >= 15 is 0 Å². The molecule has 0 aliphatic rings. The van der Waals surface area contributed by atoms with E-state index in [9.17, 15) is 9.59 Å². The van der Waals surface area contributed by atoms with Crippen LogP contribution in [0.1, 0.15) is 6.42 Å². The van der Waals surface area contributed by atoms with E-state index < -0.39 is 0 Å². The number of ether oxygens (including phenoxy) is 1. The van der Waals surface area contributed by atoms with E-state index in [-0.39, 0.29) is 24.4 Å². The Bertz CT molecular complexity index is 951. The Balaban J connectivity index is 1.70. The lowest BCUT2D eigenvalue weighted by atomic mass is 10.2. The third kappa shape index (κ3) is 3.42. The van der Waals surface area contributed by atoms with E-state index in [0.29, 0.717) is 26.7 Å². The molecule has 2 aromatic heterocycles. The highest BCUT2D eigenvalue weighted by molar-refractivity contribution is 7.17. The number of nitrogens with zero attached hydrogens (tertiary/aromatic N) is 2. The van der Waals surface area contributed by atoms with Gasteiger partial charge in [-0.15, -0.1) is 11.3 Å². The van der Waals surface area contributed by atoms with Crippen LogP contribution in [-0.4, -0.2) is 22.6 Å². The van der Waals surface area contributed by atoms with Crippen LogP contribution in [0.4, 0.5) is 5.69 Å². The van der Waals surface area contributed by atoms with Crippen molar-refractivity contribution >= 4 is 44.7 Å². The number of benzene rings is 1. The smallest absolute Gasteiger partial charge is 0.271 e. The molecular weight excluding hydrogens is 350 g/mol. The van der Waals surface area contributed by atoms with Gasteiger partial charge in [-0.3, -0.25) is 14.2 Å². The third-order valence-electron chi connectivity index (χ3n) is 3.45. The number of nitrogens with one attached hydrogen (secondary N) is 1. The number of anilines is 1. The van der Waals surface area contributed by atoms with Crippen LogP contribution in [0, 0.1) is 0 Å². The van der Waals surface area contributed by atoms with Gasteiger partial charge in [0.15, 0.2) is 0 Å². The molecule has 8 heteroatoms. The van der Waals surface area contributed by atoms with Gasteiger partial charge in [-0.05, 0) is 29.6 Å². The summed E-state index contributed by atoms with van der Waals surface area (Å²) >= 11 is 7.28. The summed E-state index contributed by atoms with van der Waals surface area (Å²) in [5.74, 6) is 0.278. The molecule has 0 radical (unpaired) electrons. The maximum atomic E-state index is 12.3. The minimum absolute atomic E-state index is 0.133. The number of rotatable bonds is 5. The molecule has 0 saturated heterocycles. The largest absolute Gasteiger partial charge is 0.495 e. The van der Waals surface area contributed by atoms with E-state index in [4.69, 9.17) is 16.3 Å². The van der Waals surface area contributed by atoms with Crippen molar-refractivity contribution in [3.05, 3.63) is 51.3 Å². The van der Waals surface area contributed by atoms with E-state index in [0.717, 1.165) is 0 Å². The summed E-state index contributed by atoms with van der Waals surface area (Å²) in [6, 6.07) is 6.77. The van der Waals surface area contributed by atoms with Gasteiger partial charge in [-0.2, -0.15) is 0 Å². The van der Waals surface area contributed by atoms with Crippen LogP contribution in [0.5, 0.6) is 5.75 Å². The Morgan fingerprint density at radius 3 is 3.04 bits per heavy atom. The van der Waals surface area contributed by atoms with Gasteiger partial charge in [0.25, 0.3) is 5.56 Å². The molecule has 2 heterocycles. The number of halogens is 1. The molecule has 0 aliphatic carbocycles. The molecule has 3 rings (SSSR count). The van der Waals surface area contributed by atoms with Crippen LogP contribution in [0.2, 0.25) is 5.02 Å². The molecule has 0 unspecified atom stereocenters. The number of thiophene rings is 1. The highest BCUT2D eigenvalue weighted by Gasteiger charge is 2.10. The molecule has 0 fully saturated rings. The molecule has 1 amide bonds. The lowest BCUT2D eigenvalue weighted by molar-refractivity contribution is -0.116. The summed E-state index contributed by atoms with van der Waals surface area (Å²) in [6.07, 6.45) is 1.60. The first-order valence-electron chi connectivity index (χ1n) is 7.14. The molecule has 6 nitrogen and oxygen atoms in total. The molecule has 0 atom stereocenters. The summed E-state index contributed by atoms with van der Waals surface area (Å²) in [4.78, 5) is 28.6. The van der Waals surface area contributed by atoms with Crippen molar-refractivity contribution < 1.29 is 9.53 Å². The Morgan fingerprint density at radius 1 is 1.42 bits per heavy atom. The first-order valence-corrected chi connectivity index (χ1v) is 8.40. The predicted octanol–water partition coefficient (Wildman–Crippen LogP) is 3.15. The van der Waals surface area contributed by atoms with Crippen molar-refractivity contribution in [2.24, 2.45) is 0 Å². The zero-order valence-corrected chi connectivity index (χ0v) is 14.4. The Labute approximate surface area is 146 Å². The lowest BCUT2D eigenvalue weighted by Gasteiger charge is -2.11. The maximum absolute atomic E-state index is 12.3. The van der Waals surface area contributed by atoms with Crippen molar-refractivity contribution in [1.29, 1.82) is 0 Å². The molecule has 0 aliphatic heterocycles. The fourth-order valence-corrected chi connectivity index (χ4v) is 3.22. The van der Waals surface area contributed by atoms with Gasteiger partial charge in [-0.1, -0.05) is 11.6 Å². The van der Waals surface area contributed by atoms with Crippen LogP contribution in [-0.2, 0) is 11.3 Å². The third-order valence-corrected chi connectivity index (χ3v) is 4.58. The van der Waals surface area contributed by atoms with Crippen molar-refractivity contribution in [3.8, 4) is 5.75 Å². The van der Waals surface area contributed by atoms with Gasteiger partial charge in [0.2, 0.25) is 5.91 Å². The van der Waals surface area contributed by atoms with Gasteiger partial charge < -0.3 is 10.1 Å². The summed E-state index contributed by atoms with van der Waals surface area (Å²) in [6.45, 7) is 0.244. The quantitative estimate of drug-likeness (QED) is 0.755. The zero-order valence-electron chi connectivity index (χ0n) is 12.8. The van der Waals surface area contributed by atoms with Crippen LogP contribution < -0.4 is 15.6 Å². The molecule has 3 aromatic rings. The first kappa shape index (κ1) is 16.5. The normalized spacial score (nSPS) is 10.8. The Morgan fingerprint density at radius 2 is 2.25 bits per heavy atom. The number of hydrogen-bond acceptors (Lipinski definition) is 5. The maximum Gasteiger partial charge on any atom is 0.271 e. The summed E-state index contributed by atoms with van der Waals surface area (Å²) in [5, 5.41) is 5.06. The van der Waals surface area contributed by atoms with Crippen molar-refractivity contribution in [2.75, 3.05) is 12.4 Å². The van der Waals surface area contributed by atoms with Gasteiger partial charge >= 0.3 is 0 Å². The highest BCUT2D eigenvalue weighted by atomic mass is 35.5. The lowest BCUT2D eigenvalue weighted by Crippen LogP contribution is -2.23. The monoisotopic (exact) mass is 363 g/mol. The molecule has 1 N–H and O–H groups in total. The zero-order chi connectivity index (χ0) is 17.1. The number of aromatic nitrogens is 2. The SMILES string of the molecule is COc1ccc(Cl)cc1NC(=O)CCn1cnc2ccsc2c1=O. The molecule has 1 aromatic carbocycles. The summed E-state index contributed by atoms with van der Waals surface area (Å²) in [7, 11) is 1.51. The molecule has 124 valence electrons.